The van der Waals surface area contributed by atoms with Crippen molar-refractivity contribution in [2.24, 2.45) is 5.92 Å². The number of benzene rings is 2. The van der Waals surface area contributed by atoms with E-state index in [1.54, 1.807) is 52.1 Å². The Labute approximate surface area is 306 Å². The van der Waals surface area contributed by atoms with Gasteiger partial charge in [-0.3, -0.25) is 25.5 Å². The second kappa shape index (κ2) is 15.1. The minimum absolute atomic E-state index is 0.0708. The number of hydrogen-bond acceptors (Lipinski definition) is 11. The van der Waals surface area contributed by atoms with Crippen molar-refractivity contribution in [1.82, 2.24) is 5.32 Å². The standard InChI is InChI=1S/C36H43ClN4O11/c1-19-9-8-10-28(49-7)36(45)18-27(50-34(44)39-36)21(3)32-35(4,52-32)29(51-33(43)38-24-12-11-23(41(46)47)14-20(24)2)17-30(42)40(5)25-15-22(13-19)16-26(48-6)31(25)37/h8-12,14-16,21,27-29,32,45H,13,17-18H2,1-7H3,(H,38,43)(H,39,44)/b10-8+,19-9+/t21-,27+,28-,29+,32+,35+,36+/m1/s1. The van der Waals surface area contributed by atoms with Crippen molar-refractivity contribution in [3.8, 4) is 5.75 Å². The van der Waals surface area contributed by atoms with Crippen LogP contribution >= 0.6 is 11.6 Å². The number of halogens is 1. The van der Waals surface area contributed by atoms with E-state index in [4.69, 9.17) is 35.3 Å². The van der Waals surface area contributed by atoms with Crippen LogP contribution in [0.25, 0.3) is 0 Å². The number of nitro groups is 1. The quantitative estimate of drug-likeness (QED) is 0.197. The monoisotopic (exact) mass is 742 g/mol. The summed E-state index contributed by atoms with van der Waals surface area (Å²) in [6.45, 7) is 6.96. The summed E-state index contributed by atoms with van der Waals surface area (Å²) in [7, 11) is 4.44. The third-order valence-electron chi connectivity index (χ3n) is 9.86. The number of hydrogen-bond donors (Lipinski definition) is 3. The van der Waals surface area contributed by atoms with Crippen molar-refractivity contribution < 1.29 is 48.1 Å². The van der Waals surface area contributed by atoms with Crippen LogP contribution in [0.4, 0.5) is 26.7 Å². The first-order valence-electron chi connectivity index (χ1n) is 16.6. The fourth-order valence-electron chi connectivity index (χ4n) is 6.78. The molecule has 3 N–H and O–H groups in total. The number of epoxide rings is 1. The molecule has 0 aromatic heterocycles. The average Bonchev–Trinajstić information content (AvgIpc) is 3.78. The predicted octanol–water partition coefficient (Wildman–Crippen LogP) is 5.59. The molecular formula is C36H43ClN4O11. The van der Waals surface area contributed by atoms with Crippen LogP contribution in [-0.4, -0.2) is 85.1 Å². The lowest BCUT2D eigenvalue weighted by atomic mass is 9.83. The first kappa shape index (κ1) is 38.5. The van der Waals surface area contributed by atoms with Crippen molar-refractivity contribution in [1.29, 1.82) is 0 Å². The van der Waals surface area contributed by atoms with Gasteiger partial charge in [-0.05, 0) is 56.5 Å². The minimum Gasteiger partial charge on any atom is -0.495 e. The summed E-state index contributed by atoms with van der Waals surface area (Å²) in [5.74, 6) is -0.667. The Bertz CT molecular complexity index is 1820. The zero-order valence-corrected chi connectivity index (χ0v) is 30.7. The Hall–Kier alpha value is -4.70. The smallest absolute Gasteiger partial charge is 0.412 e. The highest BCUT2D eigenvalue weighted by molar-refractivity contribution is 6.35. The zero-order valence-electron chi connectivity index (χ0n) is 29.9. The molecule has 2 saturated heterocycles. The number of nitrogens with one attached hydrogen (secondary N) is 2. The number of alkyl carbamates (subject to hydrolysis) is 1. The van der Waals surface area contributed by atoms with Gasteiger partial charge in [-0.15, -0.1) is 0 Å². The Morgan fingerprint density at radius 2 is 1.94 bits per heavy atom. The summed E-state index contributed by atoms with van der Waals surface area (Å²) < 4.78 is 28.9. The second-order valence-corrected chi connectivity index (χ2v) is 14.0. The summed E-state index contributed by atoms with van der Waals surface area (Å²) >= 11 is 6.72. The number of methoxy groups -OCH3 is 2. The van der Waals surface area contributed by atoms with Gasteiger partial charge in [0.05, 0.1) is 30.2 Å². The van der Waals surface area contributed by atoms with Crippen molar-refractivity contribution in [2.45, 2.75) is 82.7 Å². The van der Waals surface area contributed by atoms with Crippen LogP contribution < -0.4 is 20.3 Å². The van der Waals surface area contributed by atoms with Gasteiger partial charge in [-0.1, -0.05) is 42.3 Å². The summed E-state index contributed by atoms with van der Waals surface area (Å²) in [5, 5.41) is 28.2. The molecule has 3 aliphatic heterocycles. The van der Waals surface area contributed by atoms with Crippen LogP contribution in [0, 0.1) is 23.0 Å². The normalized spacial score (nSPS) is 30.8. The van der Waals surface area contributed by atoms with Crippen LogP contribution in [0.5, 0.6) is 5.75 Å². The number of fused-ring (bicyclic) bond motifs is 5. The van der Waals surface area contributed by atoms with E-state index >= 15 is 0 Å². The van der Waals surface area contributed by atoms with Crippen molar-refractivity contribution in [3.05, 3.63) is 80.4 Å². The number of carbonyl (C=O) groups is 3. The van der Waals surface area contributed by atoms with Crippen LogP contribution in [0.3, 0.4) is 0 Å². The summed E-state index contributed by atoms with van der Waals surface area (Å²) in [5.41, 5.74) is -0.488. The molecule has 2 aromatic carbocycles. The molecule has 0 radical (unpaired) electrons. The van der Waals surface area contributed by atoms with Gasteiger partial charge in [-0.2, -0.15) is 0 Å². The molecule has 2 aromatic rings. The Morgan fingerprint density at radius 1 is 1.21 bits per heavy atom. The highest BCUT2D eigenvalue weighted by Crippen LogP contribution is 2.49. The number of carbonyl (C=O) groups excluding carboxylic acids is 3. The third-order valence-corrected chi connectivity index (χ3v) is 10.2. The predicted molar refractivity (Wildman–Crippen MR) is 191 cm³/mol. The molecule has 15 nitrogen and oxygen atoms in total. The lowest BCUT2D eigenvalue weighted by Crippen LogP contribution is -2.63. The number of rotatable bonds is 5. The summed E-state index contributed by atoms with van der Waals surface area (Å²) in [4.78, 5) is 52.3. The van der Waals surface area contributed by atoms with E-state index in [1.807, 2.05) is 13.0 Å². The van der Waals surface area contributed by atoms with E-state index < -0.39 is 64.7 Å². The lowest BCUT2D eigenvalue weighted by molar-refractivity contribution is -0.384. The SMILES string of the molecule is COc1cc2cc(c1Cl)N(C)C(=O)C[C@H](OC(=O)Nc1ccc([N+](=O)[O-])cc1C)[C@]1(C)O[C@H]1[C@H](C)[C@@H]1C[C@@](O)(NC(=O)O1)[C@H](OC)/C=C/C=C(\C)C2. The van der Waals surface area contributed by atoms with E-state index in [-0.39, 0.29) is 29.2 Å². The number of non-ortho nitro benzene ring substituents is 1. The van der Waals surface area contributed by atoms with E-state index in [2.05, 4.69) is 10.6 Å². The van der Waals surface area contributed by atoms with Gasteiger partial charge < -0.3 is 33.7 Å². The first-order chi connectivity index (χ1) is 24.5. The van der Waals surface area contributed by atoms with Crippen LogP contribution in [-0.2, 0) is 30.2 Å². The van der Waals surface area contributed by atoms with Crippen molar-refractivity contribution in [3.63, 3.8) is 0 Å². The third kappa shape index (κ3) is 8.02. The fourth-order valence-corrected chi connectivity index (χ4v) is 7.09. The van der Waals surface area contributed by atoms with Crippen molar-refractivity contribution >= 4 is 46.8 Å². The number of allylic oxidation sites excluding steroid dienone is 3. The molecule has 0 unspecified atom stereocenters. The number of anilines is 2. The number of ether oxygens (including phenoxy) is 5. The van der Waals surface area contributed by atoms with Crippen molar-refractivity contribution in [2.75, 3.05) is 31.5 Å². The molecule has 0 spiro atoms. The van der Waals surface area contributed by atoms with Crippen LogP contribution in [0.15, 0.2) is 54.1 Å². The van der Waals surface area contributed by atoms with Gasteiger partial charge >= 0.3 is 12.2 Å². The molecular weight excluding hydrogens is 700 g/mol. The fraction of sp³-hybridized carbons (Fsp3) is 0.472. The maximum absolute atomic E-state index is 14.0. The molecule has 2 fully saturated rings. The van der Waals surface area contributed by atoms with Gasteiger partial charge in [0.2, 0.25) is 5.91 Å². The molecule has 3 amide bonds. The number of amides is 3. The largest absolute Gasteiger partial charge is 0.495 e. The van der Waals surface area contributed by atoms with Crippen LogP contribution in [0.1, 0.15) is 44.7 Å². The van der Waals surface area contributed by atoms with E-state index in [0.717, 1.165) is 11.1 Å². The summed E-state index contributed by atoms with van der Waals surface area (Å²) in [6.07, 6.45) is -0.248. The molecule has 3 heterocycles. The van der Waals surface area contributed by atoms with E-state index in [0.29, 0.717) is 23.4 Å². The summed E-state index contributed by atoms with van der Waals surface area (Å²) in [6, 6.07) is 7.48. The second-order valence-electron chi connectivity index (χ2n) is 13.6. The molecule has 16 heteroatoms. The molecule has 3 aliphatic rings. The zero-order chi connectivity index (χ0) is 38.1. The van der Waals surface area contributed by atoms with Gasteiger partial charge in [0.15, 0.2) is 5.72 Å². The topological polar surface area (TPSA) is 191 Å². The molecule has 0 aliphatic carbocycles. The number of nitrogens with zero attached hydrogens (tertiary/aromatic N) is 2. The van der Waals surface area contributed by atoms with Gasteiger partial charge in [0, 0.05) is 44.3 Å². The highest BCUT2D eigenvalue weighted by atomic mass is 35.5. The average molecular weight is 743 g/mol. The molecule has 0 saturated carbocycles. The van der Waals surface area contributed by atoms with Gasteiger partial charge in [0.25, 0.3) is 5.69 Å². The Balaban J connectivity index is 1.53. The van der Waals surface area contributed by atoms with Crippen LogP contribution in [0.2, 0.25) is 5.02 Å². The number of aliphatic hydroxyl groups is 1. The number of nitro benzene ring substituents is 1. The lowest BCUT2D eigenvalue weighted by Gasteiger charge is -2.42. The Morgan fingerprint density at radius 3 is 2.60 bits per heavy atom. The van der Waals surface area contributed by atoms with Gasteiger partial charge in [0.1, 0.15) is 34.7 Å². The Kier molecular flexibility index (Phi) is 11.2. The minimum atomic E-state index is -1.84. The maximum Gasteiger partial charge on any atom is 0.412 e. The van der Waals surface area contributed by atoms with Gasteiger partial charge in [-0.25, -0.2) is 9.59 Å². The van der Waals surface area contributed by atoms with E-state index in [1.165, 1.54) is 37.3 Å². The van der Waals surface area contributed by atoms with E-state index in [9.17, 15) is 29.6 Å². The molecule has 280 valence electrons. The molecule has 52 heavy (non-hydrogen) atoms. The molecule has 4 bridgehead atoms. The molecule has 7 atom stereocenters. The highest BCUT2D eigenvalue weighted by Gasteiger charge is 2.64. The molecule has 5 rings (SSSR count). The maximum atomic E-state index is 14.0. The first-order valence-corrected chi connectivity index (χ1v) is 17.0. The number of aryl methyl sites for hydroxylation is 1.